The lowest BCUT2D eigenvalue weighted by molar-refractivity contribution is 0.762. The third-order valence-electron chi connectivity index (χ3n) is 1.04. The molecule has 0 spiro atoms. The zero-order valence-electron chi connectivity index (χ0n) is 4.93. The van der Waals surface area contributed by atoms with E-state index in [1.54, 1.807) is 0 Å². The first-order valence-electron chi connectivity index (χ1n) is 2.62. The van der Waals surface area contributed by atoms with Crippen LogP contribution < -0.4 is 0 Å². The predicted octanol–water partition coefficient (Wildman–Crippen LogP) is 2.16. The highest BCUT2D eigenvalue weighted by Crippen LogP contribution is 2.10. The minimum Gasteiger partial charge on any atom is -0.321 e. The smallest absolute Gasteiger partial charge is 0.203 e. The van der Waals surface area contributed by atoms with Gasteiger partial charge in [-0.25, -0.2) is 4.98 Å². The van der Waals surface area contributed by atoms with Crippen molar-refractivity contribution in [2.75, 3.05) is 0 Å². The van der Waals surface area contributed by atoms with Gasteiger partial charge in [0.1, 0.15) is 3.70 Å². The largest absolute Gasteiger partial charge is 0.321 e. The number of aryl methyl sites for hydroxylation is 1. The maximum atomic E-state index is 5.69. The number of rotatable bonds is 1. The van der Waals surface area contributed by atoms with Gasteiger partial charge < -0.3 is 4.57 Å². The highest BCUT2D eigenvalue weighted by Gasteiger charge is 1.98. The monoisotopic (exact) mass is 256 g/mol. The number of hydrogen-bond donors (Lipinski definition) is 0. The van der Waals surface area contributed by atoms with Gasteiger partial charge in [-0.05, 0) is 41.1 Å². The molecule has 0 aliphatic carbocycles. The van der Waals surface area contributed by atoms with Crippen molar-refractivity contribution >= 4 is 34.2 Å². The van der Waals surface area contributed by atoms with Crippen molar-refractivity contribution in [1.82, 2.24) is 9.55 Å². The van der Waals surface area contributed by atoms with Gasteiger partial charge in [0.2, 0.25) is 5.28 Å². The lowest BCUT2D eigenvalue weighted by atomic mass is 10.7. The number of aromatic nitrogens is 2. The molecule has 0 aromatic carbocycles. The average Bonchev–Trinajstić information content (AvgIpc) is 2.10. The number of hydrogen-bond acceptors (Lipinski definition) is 1. The molecule has 0 bridgehead atoms. The van der Waals surface area contributed by atoms with Gasteiger partial charge >= 0.3 is 0 Å². The predicted molar refractivity (Wildman–Crippen MR) is 45.6 cm³/mol. The molecule has 9 heavy (non-hydrogen) atoms. The van der Waals surface area contributed by atoms with E-state index in [-0.39, 0.29) is 0 Å². The topological polar surface area (TPSA) is 17.8 Å². The van der Waals surface area contributed by atoms with Crippen molar-refractivity contribution in [2.24, 2.45) is 0 Å². The number of halogens is 2. The van der Waals surface area contributed by atoms with Crippen molar-refractivity contribution in [3.8, 4) is 0 Å². The van der Waals surface area contributed by atoms with Crippen LogP contribution in [-0.2, 0) is 6.54 Å². The van der Waals surface area contributed by atoms with E-state index in [2.05, 4.69) is 27.6 Å². The van der Waals surface area contributed by atoms with Gasteiger partial charge in [0, 0.05) is 12.7 Å². The van der Waals surface area contributed by atoms with E-state index in [0.717, 1.165) is 10.2 Å². The average molecular weight is 256 g/mol. The van der Waals surface area contributed by atoms with Crippen LogP contribution >= 0.6 is 34.2 Å². The Morgan fingerprint density at radius 3 is 2.78 bits per heavy atom. The summed E-state index contributed by atoms with van der Waals surface area (Å²) in [5.74, 6) is 0. The zero-order chi connectivity index (χ0) is 6.85. The van der Waals surface area contributed by atoms with Crippen LogP contribution in [-0.4, -0.2) is 9.55 Å². The van der Waals surface area contributed by atoms with Crippen LogP contribution in [0, 0.1) is 3.70 Å². The molecule has 1 heterocycles. The Morgan fingerprint density at radius 2 is 2.56 bits per heavy atom. The molecule has 0 atom stereocenters. The fraction of sp³-hybridized carbons (Fsp3) is 0.400. The summed E-state index contributed by atoms with van der Waals surface area (Å²) >= 11 is 7.83. The maximum absolute atomic E-state index is 5.69. The number of imidazole rings is 1. The maximum Gasteiger partial charge on any atom is 0.203 e. The summed E-state index contributed by atoms with van der Waals surface area (Å²) in [5.41, 5.74) is 0. The summed E-state index contributed by atoms with van der Waals surface area (Å²) in [6, 6.07) is 0. The van der Waals surface area contributed by atoms with Gasteiger partial charge in [-0.3, -0.25) is 0 Å². The first-order valence-corrected chi connectivity index (χ1v) is 4.08. The van der Waals surface area contributed by atoms with Crippen LogP contribution in [0.25, 0.3) is 0 Å². The Balaban J connectivity index is 3.01. The van der Waals surface area contributed by atoms with Gasteiger partial charge in [-0.2, -0.15) is 0 Å². The van der Waals surface area contributed by atoms with Crippen molar-refractivity contribution in [2.45, 2.75) is 13.5 Å². The second-order valence-corrected chi connectivity index (χ2v) is 3.06. The second kappa shape index (κ2) is 2.88. The standard InChI is InChI=1S/C5H6ClIN2/c1-2-9-3-4(7)8-5(9)6/h3H,2H2,1H3. The Kier molecular flexibility index (Phi) is 2.35. The van der Waals surface area contributed by atoms with E-state index in [4.69, 9.17) is 11.6 Å². The summed E-state index contributed by atoms with van der Waals surface area (Å²) in [7, 11) is 0. The molecule has 0 aliphatic heterocycles. The third kappa shape index (κ3) is 1.58. The van der Waals surface area contributed by atoms with E-state index in [9.17, 15) is 0 Å². The molecule has 1 aromatic heterocycles. The van der Waals surface area contributed by atoms with Crippen molar-refractivity contribution in [3.63, 3.8) is 0 Å². The molecule has 2 nitrogen and oxygen atoms in total. The molecule has 0 amide bonds. The minimum absolute atomic E-state index is 0.571. The molecule has 0 radical (unpaired) electrons. The SMILES string of the molecule is CCn1cc(I)nc1Cl. The van der Waals surface area contributed by atoms with Crippen LogP contribution in [0.4, 0.5) is 0 Å². The molecule has 0 saturated carbocycles. The molecular formula is C5H6ClIN2. The summed E-state index contributed by atoms with van der Waals surface area (Å²) in [6.45, 7) is 2.92. The number of nitrogens with zero attached hydrogens (tertiary/aromatic N) is 2. The molecule has 1 rings (SSSR count). The highest BCUT2D eigenvalue weighted by atomic mass is 127. The molecular weight excluding hydrogens is 250 g/mol. The Labute approximate surface area is 72.4 Å². The first-order chi connectivity index (χ1) is 4.24. The molecule has 0 unspecified atom stereocenters. The van der Waals surface area contributed by atoms with Crippen molar-refractivity contribution in [1.29, 1.82) is 0 Å². The normalized spacial score (nSPS) is 10.1. The molecule has 1 aromatic rings. The van der Waals surface area contributed by atoms with E-state index < -0.39 is 0 Å². The lowest BCUT2D eigenvalue weighted by Crippen LogP contribution is -1.89. The summed E-state index contributed by atoms with van der Waals surface area (Å²) < 4.78 is 2.84. The lowest BCUT2D eigenvalue weighted by Gasteiger charge is -1.93. The van der Waals surface area contributed by atoms with Crippen LogP contribution in [0.3, 0.4) is 0 Å². The van der Waals surface area contributed by atoms with Crippen LogP contribution in [0.2, 0.25) is 5.28 Å². The van der Waals surface area contributed by atoms with Gasteiger partial charge in [-0.15, -0.1) is 0 Å². The van der Waals surface area contributed by atoms with E-state index in [1.807, 2.05) is 17.7 Å². The Bertz CT molecular complexity index is 209. The van der Waals surface area contributed by atoms with E-state index in [0.29, 0.717) is 5.28 Å². The highest BCUT2D eigenvalue weighted by molar-refractivity contribution is 14.1. The zero-order valence-corrected chi connectivity index (χ0v) is 7.85. The van der Waals surface area contributed by atoms with Gasteiger partial charge in [-0.1, -0.05) is 0 Å². The van der Waals surface area contributed by atoms with E-state index >= 15 is 0 Å². The third-order valence-corrected chi connectivity index (χ3v) is 1.86. The second-order valence-electron chi connectivity index (χ2n) is 1.62. The molecule has 4 heteroatoms. The Hall–Kier alpha value is 0.230. The summed E-state index contributed by atoms with van der Waals surface area (Å²) in [6.07, 6.45) is 1.92. The van der Waals surface area contributed by atoms with Gasteiger partial charge in [0.15, 0.2) is 0 Å². The molecule has 50 valence electrons. The molecule has 0 saturated heterocycles. The van der Waals surface area contributed by atoms with E-state index in [1.165, 1.54) is 0 Å². The minimum atomic E-state index is 0.571. The van der Waals surface area contributed by atoms with Gasteiger partial charge in [0.25, 0.3) is 0 Å². The summed E-state index contributed by atoms with van der Waals surface area (Å²) in [4.78, 5) is 4.00. The van der Waals surface area contributed by atoms with Crippen LogP contribution in [0.1, 0.15) is 6.92 Å². The molecule has 0 N–H and O–H groups in total. The fourth-order valence-corrected chi connectivity index (χ4v) is 1.55. The quantitative estimate of drug-likeness (QED) is 0.704. The fourth-order valence-electron chi connectivity index (χ4n) is 0.585. The molecule has 0 fully saturated rings. The summed E-state index contributed by atoms with van der Waals surface area (Å²) in [5, 5.41) is 0.571. The van der Waals surface area contributed by atoms with Gasteiger partial charge in [0.05, 0.1) is 0 Å². The van der Waals surface area contributed by atoms with Crippen LogP contribution in [0.5, 0.6) is 0 Å². The first kappa shape index (κ1) is 7.34. The van der Waals surface area contributed by atoms with Crippen molar-refractivity contribution in [3.05, 3.63) is 15.2 Å². The van der Waals surface area contributed by atoms with Crippen molar-refractivity contribution < 1.29 is 0 Å². The Morgan fingerprint density at radius 1 is 1.89 bits per heavy atom. The van der Waals surface area contributed by atoms with Crippen LogP contribution in [0.15, 0.2) is 6.20 Å². The molecule has 0 aliphatic rings.